The Morgan fingerprint density at radius 1 is 1.00 bits per heavy atom. The molecule has 0 heterocycles. The number of phenolic OH excluding ortho intramolecular Hbond substituents is 1. The summed E-state index contributed by atoms with van der Waals surface area (Å²) in [6.45, 7) is 4.43. The van der Waals surface area contributed by atoms with Crippen LogP contribution in [0.2, 0.25) is 0 Å². The number of aliphatic imine (C=N–C) groups is 1. The number of rotatable bonds is 9. The van der Waals surface area contributed by atoms with Gasteiger partial charge in [-0.05, 0) is 55.3 Å². The standard InChI is InChI=1S/C21H28N4O3/c1-3-22-21(24-13-12-16-4-10-19(28-2)11-5-16)25-15-14-23-20(27)17-6-8-18(26)9-7-17/h4-11,26H,3,12-15H2,1-2H3,(H,23,27)(H2,22,24,25). The second-order valence-corrected chi connectivity index (χ2v) is 6.09. The smallest absolute Gasteiger partial charge is 0.251 e. The molecule has 2 aromatic carbocycles. The fraction of sp³-hybridized carbons (Fsp3) is 0.333. The van der Waals surface area contributed by atoms with Crippen LogP contribution in [0.4, 0.5) is 0 Å². The zero-order valence-electron chi connectivity index (χ0n) is 16.4. The lowest BCUT2D eigenvalue weighted by atomic mass is 10.1. The maximum Gasteiger partial charge on any atom is 0.251 e. The van der Waals surface area contributed by atoms with E-state index in [1.165, 1.54) is 17.7 Å². The first kappa shape index (κ1) is 21.1. The number of nitrogens with zero attached hydrogens (tertiary/aromatic N) is 1. The first-order chi connectivity index (χ1) is 13.6. The third kappa shape index (κ3) is 7.19. The van der Waals surface area contributed by atoms with E-state index in [-0.39, 0.29) is 11.7 Å². The van der Waals surface area contributed by atoms with E-state index in [2.05, 4.69) is 20.9 Å². The number of amides is 1. The number of aromatic hydroxyl groups is 1. The summed E-state index contributed by atoms with van der Waals surface area (Å²) in [6.07, 6.45) is 0.832. The van der Waals surface area contributed by atoms with Gasteiger partial charge >= 0.3 is 0 Å². The molecule has 0 saturated carbocycles. The molecule has 1 amide bonds. The Hall–Kier alpha value is -3.22. The Labute approximate surface area is 165 Å². The number of methoxy groups -OCH3 is 1. The van der Waals surface area contributed by atoms with Gasteiger partial charge in [0.1, 0.15) is 11.5 Å². The molecule has 7 heteroatoms. The van der Waals surface area contributed by atoms with Crippen LogP contribution < -0.4 is 20.7 Å². The molecular weight excluding hydrogens is 356 g/mol. The lowest BCUT2D eigenvalue weighted by molar-refractivity contribution is 0.0954. The predicted octanol–water partition coefficient (Wildman–Crippen LogP) is 1.93. The summed E-state index contributed by atoms with van der Waals surface area (Å²) in [5.74, 6) is 1.52. The monoisotopic (exact) mass is 384 g/mol. The first-order valence-electron chi connectivity index (χ1n) is 9.34. The van der Waals surface area contributed by atoms with Gasteiger partial charge in [-0.3, -0.25) is 9.79 Å². The molecule has 0 fully saturated rings. The summed E-state index contributed by atoms with van der Waals surface area (Å²) in [6, 6.07) is 14.1. The fourth-order valence-corrected chi connectivity index (χ4v) is 2.50. The number of ether oxygens (including phenoxy) is 1. The highest BCUT2D eigenvalue weighted by molar-refractivity contribution is 5.94. The molecule has 28 heavy (non-hydrogen) atoms. The lowest BCUT2D eigenvalue weighted by Gasteiger charge is -2.12. The van der Waals surface area contributed by atoms with Crippen LogP contribution in [0.3, 0.4) is 0 Å². The van der Waals surface area contributed by atoms with E-state index in [0.717, 1.165) is 24.7 Å². The van der Waals surface area contributed by atoms with Crippen molar-refractivity contribution in [3.63, 3.8) is 0 Å². The van der Waals surface area contributed by atoms with Gasteiger partial charge in [-0.25, -0.2) is 0 Å². The fourth-order valence-electron chi connectivity index (χ4n) is 2.50. The van der Waals surface area contributed by atoms with Crippen LogP contribution in [0.25, 0.3) is 0 Å². The molecule has 0 bridgehead atoms. The van der Waals surface area contributed by atoms with Gasteiger partial charge in [0.25, 0.3) is 5.91 Å². The summed E-state index contributed by atoms with van der Waals surface area (Å²) >= 11 is 0. The second kappa shape index (κ2) is 11.5. The summed E-state index contributed by atoms with van der Waals surface area (Å²) in [4.78, 5) is 16.6. The van der Waals surface area contributed by atoms with Gasteiger partial charge in [0.2, 0.25) is 0 Å². The van der Waals surface area contributed by atoms with Crippen molar-refractivity contribution in [3.05, 3.63) is 59.7 Å². The number of carbonyl (C=O) groups excluding carboxylic acids is 1. The minimum Gasteiger partial charge on any atom is -0.508 e. The van der Waals surface area contributed by atoms with E-state index in [4.69, 9.17) is 4.74 Å². The van der Waals surface area contributed by atoms with E-state index in [9.17, 15) is 9.90 Å². The second-order valence-electron chi connectivity index (χ2n) is 6.09. The highest BCUT2D eigenvalue weighted by Crippen LogP contribution is 2.11. The quantitative estimate of drug-likeness (QED) is 0.301. The van der Waals surface area contributed by atoms with E-state index in [1.54, 1.807) is 19.2 Å². The minimum atomic E-state index is -0.178. The zero-order chi connectivity index (χ0) is 20.2. The maximum atomic E-state index is 12.0. The molecular formula is C21H28N4O3. The molecule has 0 saturated heterocycles. The summed E-state index contributed by atoms with van der Waals surface area (Å²) < 4.78 is 5.16. The number of nitrogens with one attached hydrogen (secondary N) is 3. The van der Waals surface area contributed by atoms with E-state index in [1.807, 2.05) is 31.2 Å². The van der Waals surface area contributed by atoms with Crippen LogP contribution in [0.1, 0.15) is 22.8 Å². The molecule has 0 aliphatic rings. The molecule has 7 nitrogen and oxygen atoms in total. The van der Waals surface area contributed by atoms with Gasteiger partial charge in [-0.2, -0.15) is 0 Å². The van der Waals surface area contributed by atoms with Crippen LogP contribution in [-0.2, 0) is 6.42 Å². The summed E-state index contributed by atoms with van der Waals surface area (Å²) in [5, 5.41) is 18.5. The van der Waals surface area contributed by atoms with Crippen LogP contribution >= 0.6 is 0 Å². The molecule has 150 valence electrons. The van der Waals surface area contributed by atoms with Crippen molar-refractivity contribution >= 4 is 11.9 Å². The summed E-state index contributed by atoms with van der Waals surface area (Å²) in [5.41, 5.74) is 1.71. The van der Waals surface area contributed by atoms with Gasteiger partial charge in [-0.1, -0.05) is 12.1 Å². The van der Waals surface area contributed by atoms with E-state index < -0.39 is 0 Å². The Morgan fingerprint density at radius 2 is 1.68 bits per heavy atom. The normalized spacial score (nSPS) is 11.0. The van der Waals surface area contributed by atoms with Crippen LogP contribution in [0.5, 0.6) is 11.5 Å². The number of carbonyl (C=O) groups is 1. The van der Waals surface area contributed by atoms with Crippen LogP contribution in [0.15, 0.2) is 53.5 Å². The van der Waals surface area contributed by atoms with Gasteiger partial charge in [0, 0.05) is 31.7 Å². The molecule has 0 radical (unpaired) electrons. The lowest BCUT2D eigenvalue weighted by Crippen LogP contribution is -2.41. The summed E-state index contributed by atoms with van der Waals surface area (Å²) in [7, 11) is 1.65. The van der Waals surface area contributed by atoms with Gasteiger partial charge in [-0.15, -0.1) is 0 Å². The first-order valence-corrected chi connectivity index (χ1v) is 9.34. The molecule has 2 rings (SSSR count). The largest absolute Gasteiger partial charge is 0.508 e. The van der Waals surface area contributed by atoms with E-state index >= 15 is 0 Å². The predicted molar refractivity (Wildman–Crippen MR) is 111 cm³/mol. The highest BCUT2D eigenvalue weighted by Gasteiger charge is 2.04. The average Bonchev–Trinajstić information content (AvgIpc) is 2.72. The SMILES string of the molecule is CCNC(=NCCc1ccc(OC)cc1)NCCNC(=O)c1ccc(O)cc1. The average molecular weight is 384 g/mol. The molecule has 0 spiro atoms. The van der Waals surface area contributed by atoms with Crippen molar-refractivity contribution in [1.29, 1.82) is 0 Å². The number of benzene rings is 2. The van der Waals surface area contributed by atoms with Crippen molar-refractivity contribution in [3.8, 4) is 11.5 Å². The number of hydrogen-bond acceptors (Lipinski definition) is 4. The highest BCUT2D eigenvalue weighted by atomic mass is 16.5. The van der Waals surface area contributed by atoms with Crippen LogP contribution in [-0.4, -0.2) is 50.3 Å². The Bertz CT molecular complexity index is 758. The van der Waals surface area contributed by atoms with Crippen molar-refractivity contribution in [1.82, 2.24) is 16.0 Å². The molecule has 0 atom stereocenters. The minimum absolute atomic E-state index is 0.138. The number of guanidine groups is 1. The van der Waals surface area contributed by atoms with Crippen molar-refractivity contribution in [2.24, 2.45) is 4.99 Å². The van der Waals surface area contributed by atoms with Gasteiger partial charge < -0.3 is 25.8 Å². The Morgan fingerprint density at radius 3 is 2.32 bits per heavy atom. The van der Waals surface area contributed by atoms with Crippen molar-refractivity contribution in [2.45, 2.75) is 13.3 Å². The molecule has 0 aromatic heterocycles. The van der Waals surface area contributed by atoms with Gasteiger partial charge in [0.15, 0.2) is 5.96 Å². The molecule has 0 aliphatic heterocycles. The third-order valence-corrected chi connectivity index (χ3v) is 4.01. The van der Waals surface area contributed by atoms with Crippen molar-refractivity contribution < 1.29 is 14.6 Å². The number of phenols is 1. The number of hydrogen-bond donors (Lipinski definition) is 4. The van der Waals surface area contributed by atoms with Gasteiger partial charge in [0.05, 0.1) is 7.11 Å². The molecule has 0 unspecified atom stereocenters. The topological polar surface area (TPSA) is 95.0 Å². The molecule has 4 N–H and O–H groups in total. The van der Waals surface area contributed by atoms with Crippen molar-refractivity contribution in [2.75, 3.05) is 33.3 Å². The zero-order valence-corrected chi connectivity index (χ0v) is 16.4. The molecule has 2 aromatic rings. The Kier molecular flexibility index (Phi) is 8.65. The third-order valence-electron chi connectivity index (χ3n) is 4.01. The molecule has 0 aliphatic carbocycles. The van der Waals surface area contributed by atoms with Crippen LogP contribution in [0, 0.1) is 0 Å². The van der Waals surface area contributed by atoms with E-state index in [0.29, 0.717) is 25.2 Å². The Balaban J connectivity index is 1.74. The maximum absolute atomic E-state index is 12.0.